The Labute approximate surface area is 130 Å². The van der Waals surface area contributed by atoms with E-state index in [-0.39, 0.29) is 5.91 Å². The molecule has 0 aliphatic carbocycles. The van der Waals surface area contributed by atoms with Crippen molar-refractivity contribution in [2.45, 2.75) is 6.92 Å². The standard InChI is InChI=1S/C15H12ClN3OS/c1-8-5-6-9(7-18-8)19-15(20)14-13(17)12-10(16)3-2-4-11(12)21-14/h2-7H,17H2,1H3,(H,19,20). The number of amides is 1. The molecule has 3 rings (SSSR count). The van der Waals surface area contributed by atoms with Gasteiger partial charge in [0, 0.05) is 15.8 Å². The number of pyridine rings is 1. The summed E-state index contributed by atoms with van der Waals surface area (Å²) in [4.78, 5) is 16.9. The molecule has 0 aliphatic heterocycles. The second-order valence-corrected chi connectivity index (χ2v) is 6.06. The minimum atomic E-state index is -0.254. The molecule has 0 atom stereocenters. The molecule has 0 fully saturated rings. The first-order valence-electron chi connectivity index (χ1n) is 6.27. The number of carbonyl (C=O) groups is 1. The van der Waals surface area contributed by atoms with Gasteiger partial charge in [-0.3, -0.25) is 9.78 Å². The van der Waals surface area contributed by atoms with E-state index >= 15 is 0 Å². The number of nitrogens with zero attached hydrogens (tertiary/aromatic N) is 1. The second kappa shape index (κ2) is 5.35. The van der Waals surface area contributed by atoms with Crippen LogP contribution < -0.4 is 11.1 Å². The topological polar surface area (TPSA) is 68.0 Å². The fourth-order valence-electron chi connectivity index (χ4n) is 2.03. The summed E-state index contributed by atoms with van der Waals surface area (Å²) in [5, 5.41) is 4.08. The average Bonchev–Trinajstić information content (AvgIpc) is 2.80. The Bertz CT molecular complexity index is 827. The van der Waals surface area contributed by atoms with Crippen LogP contribution in [0, 0.1) is 6.92 Å². The number of nitrogen functional groups attached to an aromatic ring is 1. The van der Waals surface area contributed by atoms with Crippen molar-refractivity contribution < 1.29 is 4.79 Å². The molecule has 2 heterocycles. The maximum Gasteiger partial charge on any atom is 0.267 e. The van der Waals surface area contributed by atoms with E-state index in [1.807, 2.05) is 25.1 Å². The molecule has 0 radical (unpaired) electrons. The van der Waals surface area contributed by atoms with E-state index in [0.717, 1.165) is 15.8 Å². The van der Waals surface area contributed by atoms with Gasteiger partial charge in [-0.1, -0.05) is 17.7 Å². The quantitative estimate of drug-likeness (QED) is 0.748. The fourth-order valence-corrected chi connectivity index (χ4v) is 3.40. The van der Waals surface area contributed by atoms with Gasteiger partial charge < -0.3 is 11.1 Å². The van der Waals surface area contributed by atoms with Crippen LogP contribution in [0.15, 0.2) is 36.5 Å². The molecule has 3 N–H and O–H groups in total. The van der Waals surface area contributed by atoms with Crippen molar-refractivity contribution in [1.82, 2.24) is 4.98 Å². The monoisotopic (exact) mass is 317 g/mol. The van der Waals surface area contributed by atoms with Gasteiger partial charge in [-0.2, -0.15) is 0 Å². The summed E-state index contributed by atoms with van der Waals surface area (Å²) in [6, 6.07) is 9.13. The van der Waals surface area contributed by atoms with Crippen LogP contribution in [0.25, 0.3) is 10.1 Å². The number of hydrogen-bond acceptors (Lipinski definition) is 4. The van der Waals surface area contributed by atoms with Crippen LogP contribution in [0.3, 0.4) is 0 Å². The molecule has 0 aliphatic rings. The predicted molar refractivity (Wildman–Crippen MR) is 88.2 cm³/mol. The van der Waals surface area contributed by atoms with E-state index in [0.29, 0.717) is 21.3 Å². The number of benzene rings is 1. The summed E-state index contributed by atoms with van der Waals surface area (Å²) in [7, 11) is 0. The third kappa shape index (κ3) is 2.57. The van der Waals surface area contributed by atoms with Crippen molar-refractivity contribution in [2.24, 2.45) is 0 Å². The van der Waals surface area contributed by atoms with E-state index in [9.17, 15) is 4.79 Å². The molecular formula is C15H12ClN3OS. The van der Waals surface area contributed by atoms with Crippen molar-refractivity contribution in [3.05, 3.63) is 52.1 Å². The summed E-state index contributed by atoms with van der Waals surface area (Å²) in [6.07, 6.45) is 1.61. The molecule has 0 unspecified atom stereocenters. The molecule has 6 heteroatoms. The number of thiophene rings is 1. The molecule has 2 aromatic heterocycles. The summed E-state index contributed by atoms with van der Waals surface area (Å²) in [6.45, 7) is 1.89. The summed E-state index contributed by atoms with van der Waals surface area (Å²) < 4.78 is 0.896. The lowest BCUT2D eigenvalue weighted by molar-refractivity contribution is 0.103. The summed E-state index contributed by atoms with van der Waals surface area (Å²) in [5.74, 6) is -0.254. The van der Waals surface area contributed by atoms with Gasteiger partial charge >= 0.3 is 0 Å². The third-order valence-corrected chi connectivity index (χ3v) is 4.56. The SMILES string of the molecule is Cc1ccc(NC(=O)c2sc3cccc(Cl)c3c2N)cn1. The molecule has 0 saturated carbocycles. The molecule has 0 spiro atoms. The molecule has 106 valence electrons. The highest BCUT2D eigenvalue weighted by Crippen LogP contribution is 2.38. The lowest BCUT2D eigenvalue weighted by Crippen LogP contribution is -2.12. The molecule has 3 aromatic rings. The van der Waals surface area contributed by atoms with Crippen LogP contribution in [0.1, 0.15) is 15.4 Å². The van der Waals surface area contributed by atoms with E-state index in [1.165, 1.54) is 11.3 Å². The van der Waals surface area contributed by atoms with Crippen LogP contribution >= 0.6 is 22.9 Å². The van der Waals surface area contributed by atoms with Crippen LogP contribution in [-0.2, 0) is 0 Å². The molecular weight excluding hydrogens is 306 g/mol. The van der Waals surface area contributed by atoms with Crippen molar-refractivity contribution in [2.75, 3.05) is 11.1 Å². The van der Waals surface area contributed by atoms with E-state index in [4.69, 9.17) is 17.3 Å². The number of fused-ring (bicyclic) bond motifs is 1. The van der Waals surface area contributed by atoms with Crippen LogP contribution in [-0.4, -0.2) is 10.9 Å². The molecule has 1 amide bonds. The number of aryl methyl sites for hydroxylation is 1. The number of anilines is 2. The maximum atomic E-state index is 12.3. The predicted octanol–water partition coefficient (Wildman–Crippen LogP) is 4.09. The maximum absolute atomic E-state index is 12.3. The number of carbonyl (C=O) groups excluding carboxylic acids is 1. The highest BCUT2D eigenvalue weighted by Gasteiger charge is 2.18. The zero-order valence-corrected chi connectivity index (χ0v) is 12.8. The Morgan fingerprint density at radius 2 is 2.14 bits per heavy atom. The fraction of sp³-hybridized carbons (Fsp3) is 0.0667. The Morgan fingerprint density at radius 1 is 1.33 bits per heavy atom. The molecule has 0 saturated heterocycles. The molecule has 1 aromatic carbocycles. The lowest BCUT2D eigenvalue weighted by atomic mass is 10.2. The number of nitrogens with one attached hydrogen (secondary N) is 1. The zero-order valence-electron chi connectivity index (χ0n) is 11.2. The van der Waals surface area contributed by atoms with Crippen LogP contribution in [0.4, 0.5) is 11.4 Å². The Hall–Kier alpha value is -2.11. The first-order valence-corrected chi connectivity index (χ1v) is 7.46. The van der Waals surface area contributed by atoms with Gasteiger partial charge in [0.25, 0.3) is 5.91 Å². The molecule has 21 heavy (non-hydrogen) atoms. The largest absolute Gasteiger partial charge is 0.397 e. The Kier molecular flexibility index (Phi) is 3.53. The molecule has 4 nitrogen and oxygen atoms in total. The number of hydrogen-bond donors (Lipinski definition) is 2. The van der Waals surface area contributed by atoms with Gasteiger partial charge in [0.2, 0.25) is 0 Å². The van der Waals surface area contributed by atoms with Gasteiger partial charge in [0.05, 0.1) is 22.6 Å². The zero-order chi connectivity index (χ0) is 15.0. The number of nitrogens with two attached hydrogens (primary N) is 1. The number of aromatic nitrogens is 1. The average molecular weight is 318 g/mol. The lowest BCUT2D eigenvalue weighted by Gasteiger charge is -2.04. The van der Waals surface area contributed by atoms with Crippen molar-refractivity contribution >= 4 is 50.3 Å². The van der Waals surface area contributed by atoms with E-state index < -0.39 is 0 Å². The second-order valence-electron chi connectivity index (χ2n) is 4.60. The van der Waals surface area contributed by atoms with Crippen molar-refractivity contribution in [1.29, 1.82) is 0 Å². The van der Waals surface area contributed by atoms with Crippen LogP contribution in [0.2, 0.25) is 5.02 Å². The first kappa shape index (κ1) is 13.9. The minimum Gasteiger partial charge on any atom is -0.397 e. The van der Waals surface area contributed by atoms with Gasteiger partial charge in [-0.15, -0.1) is 11.3 Å². The third-order valence-electron chi connectivity index (χ3n) is 3.08. The number of halogens is 1. The molecule has 0 bridgehead atoms. The van der Waals surface area contributed by atoms with Gasteiger partial charge in [-0.25, -0.2) is 0 Å². The highest BCUT2D eigenvalue weighted by atomic mass is 35.5. The Balaban J connectivity index is 1.96. The van der Waals surface area contributed by atoms with Crippen LogP contribution in [0.5, 0.6) is 0 Å². The summed E-state index contributed by atoms with van der Waals surface area (Å²) in [5.41, 5.74) is 8.01. The minimum absolute atomic E-state index is 0.254. The first-order chi connectivity index (χ1) is 10.1. The van der Waals surface area contributed by atoms with Gasteiger partial charge in [0.1, 0.15) is 4.88 Å². The number of rotatable bonds is 2. The van der Waals surface area contributed by atoms with Crippen molar-refractivity contribution in [3.8, 4) is 0 Å². The van der Waals surface area contributed by atoms with E-state index in [2.05, 4.69) is 10.3 Å². The van der Waals surface area contributed by atoms with Crippen molar-refractivity contribution in [3.63, 3.8) is 0 Å². The van der Waals surface area contributed by atoms with Gasteiger partial charge in [0.15, 0.2) is 0 Å². The highest BCUT2D eigenvalue weighted by molar-refractivity contribution is 7.21. The normalized spacial score (nSPS) is 10.8. The Morgan fingerprint density at radius 3 is 2.81 bits per heavy atom. The summed E-state index contributed by atoms with van der Waals surface area (Å²) >= 11 is 7.47. The van der Waals surface area contributed by atoms with Gasteiger partial charge in [-0.05, 0) is 31.2 Å². The smallest absolute Gasteiger partial charge is 0.267 e. The van der Waals surface area contributed by atoms with E-state index in [1.54, 1.807) is 18.3 Å².